The van der Waals surface area contributed by atoms with Crippen molar-refractivity contribution in [2.45, 2.75) is 19.9 Å². The number of nitrogens with two attached hydrogens (primary N) is 1. The lowest BCUT2D eigenvalue weighted by atomic mass is 10.3. The highest BCUT2D eigenvalue weighted by atomic mass is 35.5. The molecular weight excluding hydrogens is 273 g/mol. The van der Waals surface area contributed by atoms with Crippen LogP contribution in [0.25, 0.3) is 0 Å². The van der Waals surface area contributed by atoms with Crippen LogP contribution in [0, 0.1) is 0 Å². The molecule has 1 aromatic carbocycles. The second-order valence-corrected chi connectivity index (χ2v) is 5.07. The Balaban J connectivity index is 2.13. The molecule has 0 saturated carbocycles. The van der Waals surface area contributed by atoms with Crippen molar-refractivity contribution in [2.75, 3.05) is 26.4 Å². The molecule has 3 nitrogen and oxygen atoms in total. The fourth-order valence-electron chi connectivity index (χ4n) is 1.39. The monoisotopic (exact) mass is 292 g/mol. The summed E-state index contributed by atoms with van der Waals surface area (Å²) in [5.41, 5.74) is 0. The summed E-state index contributed by atoms with van der Waals surface area (Å²) < 4.78 is 10.9. The molecule has 0 aliphatic rings. The molecule has 0 aromatic heterocycles. The summed E-state index contributed by atoms with van der Waals surface area (Å²) in [4.78, 5) is 0. The van der Waals surface area contributed by atoms with Crippen molar-refractivity contribution in [3.05, 3.63) is 28.2 Å². The van der Waals surface area contributed by atoms with Crippen LogP contribution in [0.5, 0.6) is 5.75 Å². The zero-order valence-corrected chi connectivity index (χ0v) is 12.3. The SMILES string of the molecule is CC(C)[NH2+]CCOCCOc1cccc(Cl)c1Cl. The van der Waals surface area contributed by atoms with Crippen LogP contribution < -0.4 is 10.1 Å². The molecule has 0 aliphatic heterocycles. The fraction of sp³-hybridized carbons (Fsp3) is 0.538. The maximum Gasteiger partial charge on any atom is 0.139 e. The van der Waals surface area contributed by atoms with Crippen LogP contribution in [0.2, 0.25) is 10.0 Å². The average molecular weight is 293 g/mol. The first-order valence-electron chi connectivity index (χ1n) is 6.09. The Morgan fingerprint density at radius 2 is 1.94 bits per heavy atom. The Hall–Kier alpha value is -0.480. The van der Waals surface area contributed by atoms with Crippen LogP contribution in [-0.4, -0.2) is 32.4 Å². The van der Waals surface area contributed by atoms with Gasteiger partial charge in [0.15, 0.2) is 0 Å². The molecule has 18 heavy (non-hydrogen) atoms. The molecule has 1 rings (SSSR count). The lowest BCUT2D eigenvalue weighted by molar-refractivity contribution is -0.684. The zero-order valence-electron chi connectivity index (χ0n) is 10.8. The van der Waals surface area contributed by atoms with E-state index >= 15 is 0 Å². The van der Waals surface area contributed by atoms with E-state index in [1.807, 2.05) is 6.07 Å². The van der Waals surface area contributed by atoms with E-state index < -0.39 is 0 Å². The average Bonchev–Trinajstić information content (AvgIpc) is 2.32. The smallest absolute Gasteiger partial charge is 0.139 e. The van der Waals surface area contributed by atoms with E-state index in [2.05, 4.69) is 19.2 Å². The van der Waals surface area contributed by atoms with Crippen molar-refractivity contribution >= 4 is 23.2 Å². The largest absolute Gasteiger partial charge is 0.490 e. The van der Waals surface area contributed by atoms with E-state index in [1.54, 1.807) is 12.1 Å². The maximum absolute atomic E-state index is 5.99. The molecular formula is C13H20Cl2NO2+. The molecule has 102 valence electrons. The van der Waals surface area contributed by atoms with Crippen LogP contribution >= 0.6 is 23.2 Å². The number of rotatable bonds is 8. The summed E-state index contributed by atoms with van der Waals surface area (Å²) in [6.45, 7) is 7.03. The molecule has 1 aromatic rings. The number of benzene rings is 1. The van der Waals surface area contributed by atoms with Crippen molar-refractivity contribution in [3.8, 4) is 5.75 Å². The van der Waals surface area contributed by atoms with E-state index in [1.165, 1.54) is 0 Å². The Morgan fingerprint density at radius 1 is 1.17 bits per heavy atom. The van der Waals surface area contributed by atoms with E-state index in [4.69, 9.17) is 32.7 Å². The van der Waals surface area contributed by atoms with Crippen molar-refractivity contribution in [1.29, 1.82) is 0 Å². The third-order valence-electron chi connectivity index (χ3n) is 2.30. The van der Waals surface area contributed by atoms with E-state index in [-0.39, 0.29) is 0 Å². The Bertz CT molecular complexity index is 359. The predicted molar refractivity (Wildman–Crippen MR) is 74.7 cm³/mol. The lowest BCUT2D eigenvalue weighted by Gasteiger charge is -2.09. The molecule has 0 amide bonds. The number of halogens is 2. The number of ether oxygens (including phenoxy) is 2. The van der Waals surface area contributed by atoms with Gasteiger partial charge in [-0.2, -0.15) is 0 Å². The van der Waals surface area contributed by atoms with Gasteiger partial charge < -0.3 is 14.8 Å². The zero-order chi connectivity index (χ0) is 13.4. The van der Waals surface area contributed by atoms with Crippen LogP contribution in [0.4, 0.5) is 0 Å². The Morgan fingerprint density at radius 3 is 2.67 bits per heavy atom. The maximum atomic E-state index is 5.99. The molecule has 5 heteroatoms. The van der Waals surface area contributed by atoms with Gasteiger partial charge in [0.05, 0.1) is 30.8 Å². The molecule has 0 aliphatic carbocycles. The molecule has 0 bridgehead atoms. The van der Waals surface area contributed by atoms with Crippen LogP contribution in [0.15, 0.2) is 18.2 Å². The van der Waals surface area contributed by atoms with Gasteiger partial charge in [-0.05, 0) is 26.0 Å². The summed E-state index contributed by atoms with van der Waals surface area (Å²) in [5, 5.41) is 3.18. The molecule has 0 saturated heterocycles. The third kappa shape index (κ3) is 5.91. The quantitative estimate of drug-likeness (QED) is 0.747. The van der Waals surface area contributed by atoms with E-state index in [0.29, 0.717) is 35.1 Å². The van der Waals surface area contributed by atoms with E-state index in [0.717, 1.165) is 13.2 Å². The van der Waals surface area contributed by atoms with Gasteiger partial charge in [-0.25, -0.2) is 0 Å². The van der Waals surface area contributed by atoms with Crippen LogP contribution in [0.1, 0.15) is 13.8 Å². The number of hydrogen-bond acceptors (Lipinski definition) is 2. The van der Waals surface area contributed by atoms with Gasteiger partial charge in [-0.15, -0.1) is 0 Å². The second-order valence-electron chi connectivity index (χ2n) is 4.28. The minimum Gasteiger partial charge on any atom is -0.490 e. The van der Waals surface area contributed by atoms with Crippen molar-refractivity contribution < 1.29 is 14.8 Å². The second kappa shape index (κ2) is 8.59. The van der Waals surface area contributed by atoms with Crippen molar-refractivity contribution in [1.82, 2.24) is 0 Å². The first-order valence-corrected chi connectivity index (χ1v) is 6.84. The minimum absolute atomic E-state index is 0.451. The van der Waals surface area contributed by atoms with Gasteiger partial charge in [-0.1, -0.05) is 29.3 Å². The first-order chi connectivity index (χ1) is 8.61. The van der Waals surface area contributed by atoms with Crippen molar-refractivity contribution in [2.24, 2.45) is 0 Å². The van der Waals surface area contributed by atoms with Gasteiger partial charge in [0.1, 0.15) is 17.4 Å². The first kappa shape index (κ1) is 15.6. The topological polar surface area (TPSA) is 35.1 Å². The van der Waals surface area contributed by atoms with Gasteiger partial charge in [-0.3, -0.25) is 0 Å². The fourth-order valence-corrected chi connectivity index (χ4v) is 1.74. The summed E-state index contributed by atoms with van der Waals surface area (Å²) in [7, 11) is 0. The predicted octanol–water partition coefficient (Wildman–Crippen LogP) is 2.36. The molecule has 0 spiro atoms. The molecule has 0 heterocycles. The van der Waals surface area contributed by atoms with Gasteiger partial charge in [0.2, 0.25) is 0 Å². The highest BCUT2D eigenvalue weighted by Crippen LogP contribution is 2.31. The molecule has 0 unspecified atom stereocenters. The van der Waals surface area contributed by atoms with E-state index in [9.17, 15) is 0 Å². The summed E-state index contributed by atoms with van der Waals surface area (Å²) in [5.74, 6) is 0.599. The summed E-state index contributed by atoms with van der Waals surface area (Å²) in [6, 6.07) is 5.94. The normalized spacial score (nSPS) is 10.9. The van der Waals surface area contributed by atoms with Gasteiger partial charge >= 0.3 is 0 Å². The molecule has 2 N–H and O–H groups in total. The van der Waals surface area contributed by atoms with Crippen molar-refractivity contribution in [3.63, 3.8) is 0 Å². The minimum atomic E-state index is 0.451. The lowest BCUT2D eigenvalue weighted by Crippen LogP contribution is -2.89. The third-order valence-corrected chi connectivity index (χ3v) is 3.10. The van der Waals surface area contributed by atoms with Gasteiger partial charge in [0.25, 0.3) is 0 Å². The Kier molecular flexibility index (Phi) is 7.44. The molecule has 0 radical (unpaired) electrons. The highest BCUT2D eigenvalue weighted by molar-refractivity contribution is 6.42. The Labute approximate surface area is 118 Å². The number of quaternary nitrogens is 1. The number of hydrogen-bond donors (Lipinski definition) is 1. The highest BCUT2D eigenvalue weighted by Gasteiger charge is 2.04. The molecule has 0 atom stereocenters. The summed E-state index contributed by atoms with van der Waals surface area (Å²) in [6.07, 6.45) is 0. The molecule has 0 fully saturated rings. The van der Waals surface area contributed by atoms with Crippen LogP contribution in [-0.2, 0) is 4.74 Å². The summed E-state index contributed by atoms with van der Waals surface area (Å²) >= 11 is 11.9. The standard InChI is InChI=1S/C13H19Cl2NO2/c1-10(2)16-6-7-17-8-9-18-12-5-3-4-11(14)13(12)15/h3-5,10,16H,6-9H2,1-2H3/p+1. The van der Waals surface area contributed by atoms with Gasteiger partial charge in [0, 0.05) is 0 Å². The van der Waals surface area contributed by atoms with Crippen LogP contribution in [0.3, 0.4) is 0 Å².